The number of nitrogens with zero attached hydrogens (tertiary/aromatic N) is 2. The molecule has 0 bridgehead atoms. The monoisotopic (exact) mass is 557 g/mol. The summed E-state index contributed by atoms with van der Waals surface area (Å²) in [6, 6.07) is 20.2. The van der Waals surface area contributed by atoms with Gasteiger partial charge in [-0.3, -0.25) is 9.59 Å². The van der Waals surface area contributed by atoms with Crippen LogP contribution < -0.4 is 10.2 Å². The van der Waals surface area contributed by atoms with Gasteiger partial charge in [0.1, 0.15) is 5.82 Å². The number of hydrogen-bond acceptors (Lipinski definition) is 4. The van der Waals surface area contributed by atoms with E-state index in [1.54, 1.807) is 24.0 Å². The molecule has 3 aromatic carbocycles. The van der Waals surface area contributed by atoms with E-state index in [9.17, 15) is 14.0 Å². The fraction of sp³-hybridized carbons (Fsp3) is 0.412. The van der Waals surface area contributed by atoms with Crippen molar-refractivity contribution in [3.05, 3.63) is 94.8 Å². The average molecular weight is 558 g/mol. The van der Waals surface area contributed by atoms with Crippen molar-refractivity contribution in [1.82, 2.24) is 4.90 Å². The Balaban J connectivity index is 1.49. The number of piperidine rings is 1. The van der Waals surface area contributed by atoms with E-state index >= 15 is 0 Å². The first kappa shape index (κ1) is 28.8. The van der Waals surface area contributed by atoms with Crippen molar-refractivity contribution in [2.75, 3.05) is 43.1 Å². The number of ether oxygens (including phenoxy) is 1. The summed E-state index contributed by atoms with van der Waals surface area (Å²) >= 11 is 0. The van der Waals surface area contributed by atoms with Crippen molar-refractivity contribution in [2.45, 2.75) is 52.0 Å². The van der Waals surface area contributed by atoms with Crippen molar-refractivity contribution < 1.29 is 18.7 Å². The molecule has 0 unspecified atom stereocenters. The number of amides is 2. The molecule has 3 aromatic rings. The number of rotatable bonds is 5. The quantitative estimate of drug-likeness (QED) is 0.389. The molecule has 2 heterocycles. The molecule has 7 heteroatoms. The van der Waals surface area contributed by atoms with E-state index < -0.39 is 17.8 Å². The van der Waals surface area contributed by atoms with Gasteiger partial charge in [-0.15, -0.1) is 0 Å². The van der Waals surface area contributed by atoms with Crippen LogP contribution in [0.3, 0.4) is 0 Å². The Labute approximate surface area is 242 Å². The van der Waals surface area contributed by atoms with E-state index in [1.807, 2.05) is 42.5 Å². The Bertz CT molecular complexity index is 1370. The van der Waals surface area contributed by atoms with Gasteiger partial charge in [-0.25, -0.2) is 4.39 Å². The molecule has 0 saturated carbocycles. The second-order valence-corrected chi connectivity index (χ2v) is 12.1. The maximum absolute atomic E-state index is 15.0. The molecule has 2 amide bonds. The number of carbonyl (C=O) groups is 2. The molecule has 2 aliphatic rings. The van der Waals surface area contributed by atoms with Crippen LogP contribution in [0.1, 0.15) is 66.7 Å². The van der Waals surface area contributed by atoms with Crippen LogP contribution in [-0.2, 0) is 14.9 Å². The molecule has 216 valence electrons. The second kappa shape index (κ2) is 12.0. The molecule has 1 N–H and O–H groups in total. The third-order valence-corrected chi connectivity index (χ3v) is 8.27. The van der Waals surface area contributed by atoms with Gasteiger partial charge in [-0.05, 0) is 72.2 Å². The van der Waals surface area contributed by atoms with Gasteiger partial charge in [0.25, 0.3) is 5.91 Å². The number of hydrogen-bond donors (Lipinski definition) is 1. The van der Waals surface area contributed by atoms with Gasteiger partial charge in [0.05, 0.1) is 30.7 Å². The lowest BCUT2D eigenvalue weighted by Gasteiger charge is -2.41. The largest absolute Gasteiger partial charge is 0.378 e. The summed E-state index contributed by atoms with van der Waals surface area (Å²) in [7, 11) is 0. The fourth-order valence-corrected chi connectivity index (χ4v) is 5.96. The van der Waals surface area contributed by atoms with Crippen molar-refractivity contribution in [2.24, 2.45) is 5.92 Å². The van der Waals surface area contributed by atoms with E-state index in [4.69, 9.17) is 4.74 Å². The van der Waals surface area contributed by atoms with Gasteiger partial charge < -0.3 is 19.9 Å². The van der Waals surface area contributed by atoms with Crippen LogP contribution in [0.25, 0.3) is 0 Å². The van der Waals surface area contributed by atoms with Crippen molar-refractivity contribution >= 4 is 23.2 Å². The number of likely N-dealkylation sites (tertiary alicyclic amines) is 1. The lowest BCUT2D eigenvalue weighted by Crippen LogP contribution is -2.46. The third-order valence-electron chi connectivity index (χ3n) is 8.27. The first-order valence-corrected chi connectivity index (χ1v) is 14.5. The SMILES string of the molecule is Cc1cccc(F)c1C(=O)N1CCC[C@H](C(=O)Nc2cccc(C(C)(C)C)c2)[C@@H]1c1ccc(N2CCOCC2)cc1. The van der Waals surface area contributed by atoms with Crippen molar-refractivity contribution in [1.29, 1.82) is 0 Å². The first-order valence-electron chi connectivity index (χ1n) is 14.5. The number of carbonyl (C=O) groups excluding carboxylic acids is 2. The summed E-state index contributed by atoms with van der Waals surface area (Å²) in [5.41, 5.74) is 4.40. The van der Waals surface area contributed by atoms with E-state index in [0.717, 1.165) is 35.6 Å². The highest BCUT2D eigenvalue weighted by Crippen LogP contribution is 2.39. The predicted molar refractivity (Wildman–Crippen MR) is 161 cm³/mol. The van der Waals surface area contributed by atoms with Crippen LogP contribution in [0.2, 0.25) is 0 Å². The fourth-order valence-electron chi connectivity index (χ4n) is 5.96. The Kier molecular flexibility index (Phi) is 8.45. The maximum atomic E-state index is 15.0. The van der Waals surface area contributed by atoms with E-state index in [1.165, 1.54) is 6.07 Å². The zero-order valence-corrected chi connectivity index (χ0v) is 24.5. The number of benzene rings is 3. The van der Waals surface area contributed by atoms with E-state index in [0.29, 0.717) is 38.2 Å². The zero-order valence-electron chi connectivity index (χ0n) is 24.5. The number of nitrogens with one attached hydrogen (secondary N) is 1. The molecule has 2 saturated heterocycles. The van der Waals surface area contributed by atoms with Gasteiger partial charge in [-0.2, -0.15) is 0 Å². The molecule has 41 heavy (non-hydrogen) atoms. The lowest BCUT2D eigenvalue weighted by atomic mass is 9.83. The highest BCUT2D eigenvalue weighted by molar-refractivity contribution is 5.98. The molecular weight excluding hydrogens is 517 g/mol. The minimum atomic E-state index is -0.540. The summed E-state index contributed by atoms with van der Waals surface area (Å²) in [6.45, 7) is 11.6. The molecule has 0 spiro atoms. The molecule has 2 fully saturated rings. The summed E-state index contributed by atoms with van der Waals surface area (Å²) in [6.07, 6.45) is 1.28. The molecule has 0 radical (unpaired) electrons. The minimum absolute atomic E-state index is 0.0584. The number of anilines is 2. The summed E-state index contributed by atoms with van der Waals surface area (Å²) < 4.78 is 20.5. The summed E-state index contributed by atoms with van der Waals surface area (Å²) in [5, 5.41) is 3.14. The van der Waals surface area contributed by atoms with Crippen molar-refractivity contribution in [3.8, 4) is 0 Å². The first-order chi connectivity index (χ1) is 19.6. The zero-order chi connectivity index (χ0) is 29.1. The molecule has 2 atom stereocenters. The Morgan fingerprint density at radius 3 is 2.34 bits per heavy atom. The summed E-state index contributed by atoms with van der Waals surface area (Å²) in [4.78, 5) is 31.8. The minimum Gasteiger partial charge on any atom is -0.378 e. The standard InChI is InChI=1S/C34H40FN3O3/c1-23-8-5-12-29(35)30(23)33(40)38-17-7-11-28(32(39)36-26-10-6-9-25(22-26)34(2,3)4)31(38)24-13-15-27(16-14-24)37-18-20-41-21-19-37/h5-6,8-10,12-16,22,28,31H,7,11,17-21H2,1-4H3,(H,36,39)/t28-,31-/m0/s1. The molecule has 2 aliphatic heterocycles. The third kappa shape index (κ3) is 6.30. The van der Waals surface area contributed by atoms with Gasteiger partial charge in [0.2, 0.25) is 5.91 Å². The number of morpholine rings is 1. The molecule has 5 rings (SSSR count). The maximum Gasteiger partial charge on any atom is 0.257 e. The van der Waals surface area contributed by atoms with Crippen LogP contribution in [0, 0.1) is 18.7 Å². The number of aryl methyl sites for hydroxylation is 1. The van der Waals surface area contributed by atoms with Gasteiger partial charge in [0.15, 0.2) is 0 Å². The van der Waals surface area contributed by atoms with Crippen molar-refractivity contribution in [3.63, 3.8) is 0 Å². The highest BCUT2D eigenvalue weighted by atomic mass is 19.1. The van der Waals surface area contributed by atoms with Crippen LogP contribution in [-0.4, -0.2) is 49.6 Å². The summed E-state index contributed by atoms with van der Waals surface area (Å²) in [5.74, 6) is -1.55. The Morgan fingerprint density at radius 1 is 0.951 bits per heavy atom. The van der Waals surface area contributed by atoms with Crippen LogP contribution >= 0.6 is 0 Å². The lowest BCUT2D eigenvalue weighted by molar-refractivity contribution is -0.123. The predicted octanol–water partition coefficient (Wildman–Crippen LogP) is 6.50. The van der Waals surface area contributed by atoms with E-state index in [-0.39, 0.29) is 22.8 Å². The average Bonchev–Trinajstić information content (AvgIpc) is 2.97. The topological polar surface area (TPSA) is 61.9 Å². The molecule has 6 nitrogen and oxygen atoms in total. The van der Waals surface area contributed by atoms with Gasteiger partial charge in [0, 0.05) is 31.0 Å². The van der Waals surface area contributed by atoms with Crippen LogP contribution in [0.5, 0.6) is 0 Å². The Morgan fingerprint density at radius 2 is 1.66 bits per heavy atom. The Hall–Kier alpha value is -3.71. The van der Waals surface area contributed by atoms with Crippen LogP contribution in [0.4, 0.5) is 15.8 Å². The second-order valence-electron chi connectivity index (χ2n) is 12.1. The molecule has 0 aliphatic carbocycles. The number of halogens is 1. The normalized spacial score (nSPS) is 19.6. The van der Waals surface area contributed by atoms with Gasteiger partial charge in [-0.1, -0.05) is 57.2 Å². The van der Waals surface area contributed by atoms with Gasteiger partial charge >= 0.3 is 0 Å². The van der Waals surface area contributed by atoms with Crippen LogP contribution in [0.15, 0.2) is 66.7 Å². The highest BCUT2D eigenvalue weighted by Gasteiger charge is 2.40. The molecular formula is C34H40FN3O3. The van der Waals surface area contributed by atoms with E-state index in [2.05, 4.69) is 37.1 Å². The molecule has 0 aromatic heterocycles. The smallest absolute Gasteiger partial charge is 0.257 e.